The van der Waals surface area contributed by atoms with Crippen LogP contribution < -0.4 is 11.2 Å². The number of H-pyrrole nitrogens is 1. The number of nitrogens with one attached hydrogen (secondary N) is 1. The monoisotopic (exact) mass is 334 g/mol. The van der Waals surface area contributed by atoms with E-state index in [1.807, 2.05) is 18.2 Å². The molecule has 0 atom stereocenters. The van der Waals surface area contributed by atoms with Crippen molar-refractivity contribution in [2.45, 2.75) is 6.54 Å². The summed E-state index contributed by atoms with van der Waals surface area (Å²) in [6.07, 6.45) is 3.23. The molecule has 25 heavy (non-hydrogen) atoms. The molecule has 124 valence electrons. The standard InChI is InChI=1S/C17H14N6O2/c1-21-10-18-15-14(21)16(24)22(2)17(25)23(15)8-4-6-11-5-3-7-13-12(11)9-19-20-13/h3,5,7,9-10H,8H2,1-2H3,(H,19,20). The van der Waals surface area contributed by atoms with Gasteiger partial charge in [-0.3, -0.25) is 19.0 Å². The van der Waals surface area contributed by atoms with Gasteiger partial charge in [0.1, 0.15) is 0 Å². The van der Waals surface area contributed by atoms with Crippen molar-refractivity contribution in [3.8, 4) is 11.8 Å². The third kappa shape index (κ3) is 2.25. The van der Waals surface area contributed by atoms with Crippen molar-refractivity contribution in [2.24, 2.45) is 14.1 Å². The number of benzene rings is 1. The van der Waals surface area contributed by atoms with E-state index in [0.717, 1.165) is 21.0 Å². The van der Waals surface area contributed by atoms with Gasteiger partial charge >= 0.3 is 5.69 Å². The molecule has 0 amide bonds. The van der Waals surface area contributed by atoms with Crippen molar-refractivity contribution in [2.75, 3.05) is 0 Å². The minimum Gasteiger partial charge on any atom is -0.328 e. The SMILES string of the molecule is Cn1c(=O)c2c(ncn2C)n(CC#Cc2cccc3[nH]ncc23)c1=O. The van der Waals surface area contributed by atoms with Gasteiger partial charge in [-0.15, -0.1) is 0 Å². The molecule has 1 N–H and O–H groups in total. The van der Waals surface area contributed by atoms with E-state index in [0.29, 0.717) is 11.2 Å². The van der Waals surface area contributed by atoms with Crippen molar-refractivity contribution in [1.82, 2.24) is 28.9 Å². The number of aromatic amines is 1. The number of aryl methyl sites for hydroxylation is 1. The van der Waals surface area contributed by atoms with E-state index >= 15 is 0 Å². The molecule has 0 unspecified atom stereocenters. The number of aromatic nitrogens is 6. The fourth-order valence-corrected chi connectivity index (χ4v) is 2.81. The van der Waals surface area contributed by atoms with Gasteiger partial charge in [-0.1, -0.05) is 17.9 Å². The van der Waals surface area contributed by atoms with Crippen LogP contribution in [-0.2, 0) is 20.6 Å². The summed E-state index contributed by atoms with van der Waals surface area (Å²) >= 11 is 0. The van der Waals surface area contributed by atoms with Crippen LogP contribution in [0.5, 0.6) is 0 Å². The van der Waals surface area contributed by atoms with Gasteiger partial charge in [0.05, 0.1) is 24.6 Å². The van der Waals surface area contributed by atoms with Crippen molar-refractivity contribution in [1.29, 1.82) is 0 Å². The average Bonchev–Trinajstić information content (AvgIpc) is 3.23. The highest BCUT2D eigenvalue weighted by atomic mass is 16.2. The van der Waals surface area contributed by atoms with Crippen molar-refractivity contribution in [3.63, 3.8) is 0 Å². The zero-order chi connectivity index (χ0) is 17.6. The predicted octanol–water partition coefficient (Wildman–Crippen LogP) is 0.362. The van der Waals surface area contributed by atoms with E-state index in [-0.39, 0.29) is 12.1 Å². The molecular weight excluding hydrogens is 320 g/mol. The second-order valence-electron chi connectivity index (χ2n) is 5.70. The quantitative estimate of drug-likeness (QED) is 0.509. The minimum atomic E-state index is -0.438. The molecule has 0 spiro atoms. The Bertz CT molecular complexity index is 1290. The molecular formula is C17H14N6O2. The van der Waals surface area contributed by atoms with Gasteiger partial charge < -0.3 is 4.57 Å². The lowest BCUT2D eigenvalue weighted by Crippen LogP contribution is -2.38. The van der Waals surface area contributed by atoms with Gasteiger partial charge in [-0.2, -0.15) is 5.10 Å². The topological polar surface area (TPSA) is 90.5 Å². The molecule has 4 rings (SSSR count). The molecule has 0 saturated carbocycles. The lowest BCUT2D eigenvalue weighted by atomic mass is 10.1. The number of hydrogen-bond donors (Lipinski definition) is 1. The van der Waals surface area contributed by atoms with Gasteiger partial charge in [0, 0.05) is 25.0 Å². The summed E-state index contributed by atoms with van der Waals surface area (Å²) < 4.78 is 4.08. The summed E-state index contributed by atoms with van der Waals surface area (Å²) in [4.78, 5) is 28.8. The first-order chi connectivity index (χ1) is 12.1. The molecule has 3 aromatic heterocycles. The lowest BCUT2D eigenvalue weighted by Gasteiger charge is -2.05. The molecule has 0 saturated heterocycles. The summed E-state index contributed by atoms with van der Waals surface area (Å²) in [6, 6.07) is 5.70. The first-order valence-electron chi connectivity index (χ1n) is 7.59. The molecule has 0 aliphatic carbocycles. The van der Waals surface area contributed by atoms with Crippen molar-refractivity contribution in [3.05, 3.63) is 57.1 Å². The number of imidazole rings is 1. The van der Waals surface area contributed by atoms with Crippen LogP contribution in [0.4, 0.5) is 0 Å². The Morgan fingerprint density at radius 3 is 2.92 bits per heavy atom. The van der Waals surface area contributed by atoms with Crippen LogP contribution in [0.3, 0.4) is 0 Å². The van der Waals surface area contributed by atoms with E-state index < -0.39 is 5.69 Å². The van der Waals surface area contributed by atoms with Crippen LogP contribution in [0.2, 0.25) is 0 Å². The van der Waals surface area contributed by atoms with E-state index in [2.05, 4.69) is 27.0 Å². The van der Waals surface area contributed by atoms with E-state index in [1.165, 1.54) is 17.9 Å². The summed E-state index contributed by atoms with van der Waals surface area (Å²) in [5, 5.41) is 7.82. The number of fused-ring (bicyclic) bond motifs is 2. The van der Waals surface area contributed by atoms with Crippen LogP contribution in [0.15, 0.2) is 40.3 Å². The molecule has 0 aliphatic rings. The summed E-state index contributed by atoms with van der Waals surface area (Å²) in [7, 11) is 3.17. The van der Waals surface area contributed by atoms with Crippen LogP contribution in [0.1, 0.15) is 5.56 Å². The fourth-order valence-electron chi connectivity index (χ4n) is 2.81. The van der Waals surface area contributed by atoms with E-state index in [1.54, 1.807) is 17.8 Å². The Labute approximate surface area is 141 Å². The van der Waals surface area contributed by atoms with Crippen LogP contribution >= 0.6 is 0 Å². The zero-order valence-electron chi connectivity index (χ0n) is 13.6. The fraction of sp³-hybridized carbons (Fsp3) is 0.176. The highest BCUT2D eigenvalue weighted by Crippen LogP contribution is 2.14. The predicted molar refractivity (Wildman–Crippen MR) is 93.2 cm³/mol. The van der Waals surface area contributed by atoms with Crippen LogP contribution in [-0.4, -0.2) is 28.9 Å². The van der Waals surface area contributed by atoms with Gasteiger partial charge in [-0.05, 0) is 12.1 Å². The zero-order valence-corrected chi connectivity index (χ0v) is 13.6. The Morgan fingerprint density at radius 2 is 2.08 bits per heavy atom. The van der Waals surface area contributed by atoms with Gasteiger partial charge in [0.15, 0.2) is 11.2 Å². The lowest BCUT2D eigenvalue weighted by molar-refractivity contribution is 0.682. The highest BCUT2D eigenvalue weighted by Gasteiger charge is 2.14. The second kappa shape index (κ2) is 5.49. The minimum absolute atomic E-state index is 0.134. The Morgan fingerprint density at radius 1 is 1.24 bits per heavy atom. The molecule has 0 fully saturated rings. The number of hydrogen-bond acceptors (Lipinski definition) is 4. The molecule has 3 heterocycles. The Balaban J connectivity index is 1.82. The smallest absolute Gasteiger partial charge is 0.328 e. The molecule has 0 bridgehead atoms. The molecule has 4 aromatic rings. The third-order valence-corrected chi connectivity index (χ3v) is 4.14. The van der Waals surface area contributed by atoms with Gasteiger partial charge in [0.25, 0.3) is 5.56 Å². The Kier molecular flexibility index (Phi) is 3.28. The summed E-state index contributed by atoms with van der Waals surface area (Å²) in [5.41, 5.74) is 1.63. The number of nitrogens with zero attached hydrogens (tertiary/aromatic N) is 5. The summed E-state index contributed by atoms with van der Waals surface area (Å²) in [5.74, 6) is 6.06. The molecule has 1 aromatic carbocycles. The third-order valence-electron chi connectivity index (χ3n) is 4.14. The first-order valence-corrected chi connectivity index (χ1v) is 7.59. The average molecular weight is 334 g/mol. The maximum absolute atomic E-state index is 12.4. The molecule has 8 heteroatoms. The maximum atomic E-state index is 12.4. The van der Waals surface area contributed by atoms with E-state index in [4.69, 9.17) is 0 Å². The molecule has 0 radical (unpaired) electrons. The maximum Gasteiger partial charge on any atom is 0.333 e. The molecule has 0 aliphatic heterocycles. The van der Waals surface area contributed by atoms with Crippen molar-refractivity contribution >= 4 is 22.1 Å². The van der Waals surface area contributed by atoms with Crippen LogP contribution in [0.25, 0.3) is 22.1 Å². The first kappa shape index (κ1) is 15.0. The van der Waals surface area contributed by atoms with E-state index in [9.17, 15) is 9.59 Å². The summed E-state index contributed by atoms with van der Waals surface area (Å²) in [6.45, 7) is 0.134. The second-order valence-corrected chi connectivity index (χ2v) is 5.70. The normalized spacial score (nSPS) is 11.0. The van der Waals surface area contributed by atoms with Gasteiger partial charge in [-0.25, -0.2) is 9.78 Å². The van der Waals surface area contributed by atoms with Gasteiger partial charge in [0.2, 0.25) is 0 Å². The van der Waals surface area contributed by atoms with Crippen molar-refractivity contribution < 1.29 is 0 Å². The number of rotatable bonds is 1. The van der Waals surface area contributed by atoms with Crippen LogP contribution in [0, 0.1) is 11.8 Å². The molecule has 8 nitrogen and oxygen atoms in total. The largest absolute Gasteiger partial charge is 0.333 e. The highest BCUT2D eigenvalue weighted by molar-refractivity contribution is 5.84. The Hall–Kier alpha value is -3.60.